The molecule has 1 aliphatic rings. The predicted molar refractivity (Wildman–Crippen MR) is 71.7 cm³/mol. The first-order valence-corrected chi connectivity index (χ1v) is 6.57. The lowest BCUT2D eigenvalue weighted by atomic mass is 9.88. The Kier molecular flexibility index (Phi) is 3.03. The van der Waals surface area contributed by atoms with Crippen molar-refractivity contribution in [1.82, 2.24) is 9.78 Å². The molecular formula is C14H13ClN2O2. The van der Waals surface area contributed by atoms with E-state index in [2.05, 4.69) is 5.10 Å². The maximum Gasteiger partial charge on any atom is 0.306 e. The quantitative estimate of drug-likeness (QED) is 0.917. The number of hydrogen-bond donors (Lipinski definition) is 1. The standard InChI is InChI=1S/C14H13ClN2O2/c15-11-2-1-3-12(7-11)17-13-5-4-9(14(18)19)6-10(13)8-16-17/h1-3,7-9H,4-6H2,(H,18,19). The summed E-state index contributed by atoms with van der Waals surface area (Å²) in [5.74, 6) is -1.01. The predicted octanol–water partition coefficient (Wildman–Crippen LogP) is 2.72. The molecule has 1 aromatic heterocycles. The zero-order chi connectivity index (χ0) is 13.4. The third-order valence-electron chi connectivity index (χ3n) is 3.55. The van der Waals surface area contributed by atoms with Crippen molar-refractivity contribution in [1.29, 1.82) is 0 Å². The molecule has 98 valence electrons. The zero-order valence-corrected chi connectivity index (χ0v) is 11.0. The number of rotatable bonds is 2. The topological polar surface area (TPSA) is 55.1 Å². The van der Waals surface area contributed by atoms with Gasteiger partial charge in [-0.3, -0.25) is 4.79 Å². The van der Waals surface area contributed by atoms with Crippen LogP contribution in [0.5, 0.6) is 0 Å². The van der Waals surface area contributed by atoms with Crippen LogP contribution in [0.25, 0.3) is 5.69 Å². The van der Waals surface area contributed by atoms with E-state index < -0.39 is 5.97 Å². The largest absolute Gasteiger partial charge is 0.481 e. The van der Waals surface area contributed by atoms with Gasteiger partial charge in [-0.05, 0) is 43.0 Å². The monoisotopic (exact) mass is 276 g/mol. The van der Waals surface area contributed by atoms with Crippen LogP contribution in [-0.2, 0) is 17.6 Å². The van der Waals surface area contributed by atoms with Gasteiger partial charge in [-0.1, -0.05) is 17.7 Å². The zero-order valence-electron chi connectivity index (χ0n) is 10.2. The van der Waals surface area contributed by atoms with Gasteiger partial charge in [0.1, 0.15) is 0 Å². The summed E-state index contributed by atoms with van der Waals surface area (Å²) in [4.78, 5) is 11.0. The summed E-state index contributed by atoms with van der Waals surface area (Å²) < 4.78 is 1.86. The van der Waals surface area contributed by atoms with E-state index >= 15 is 0 Å². The maximum atomic E-state index is 11.0. The number of halogens is 1. The highest BCUT2D eigenvalue weighted by atomic mass is 35.5. The summed E-state index contributed by atoms with van der Waals surface area (Å²) in [5.41, 5.74) is 3.04. The number of aromatic nitrogens is 2. The number of benzene rings is 1. The molecule has 1 N–H and O–H groups in total. The minimum absolute atomic E-state index is 0.287. The van der Waals surface area contributed by atoms with E-state index in [-0.39, 0.29) is 5.92 Å². The Morgan fingerprint density at radius 2 is 2.32 bits per heavy atom. The molecule has 0 bridgehead atoms. The third-order valence-corrected chi connectivity index (χ3v) is 3.79. The van der Waals surface area contributed by atoms with Crippen LogP contribution in [0.2, 0.25) is 5.02 Å². The summed E-state index contributed by atoms with van der Waals surface area (Å²) in [6, 6.07) is 7.51. The van der Waals surface area contributed by atoms with Gasteiger partial charge in [-0.2, -0.15) is 5.10 Å². The fourth-order valence-corrected chi connectivity index (χ4v) is 2.75. The lowest BCUT2D eigenvalue weighted by Crippen LogP contribution is -2.22. The lowest BCUT2D eigenvalue weighted by molar-refractivity contribution is -0.142. The highest BCUT2D eigenvalue weighted by Crippen LogP contribution is 2.28. The van der Waals surface area contributed by atoms with Crippen LogP contribution < -0.4 is 0 Å². The van der Waals surface area contributed by atoms with E-state index in [0.29, 0.717) is 17.9 Å². The van der Waals surface area contributed by atoms with Crippen LogP contribution in [0.15, 0.2) is 30.5 Å². The molecule has 0 fully saturated rings. The summed E-state index contributed by atoms with van der Waals surface area (Å²) in [6.07, 6.45) is 3.73. The SMILES string of the molecule is O=C(O)C1CCc2c(cnn2-c2cccc(Cl)c2)C1. The molecule has 0 saturated heterocycles. The number of aliphatic carboxylic acids is 1. The van der Waals surface area contributed by atoms with Crippen LogP contribution >= 0.6 is 11.6 Å². The first-order chi connectivity index (χ1) is 9.15. The van der Waals surface area contributed by atoms with Gasteiger partial charge in [0, 0.05) is 10.7 Å². The molecule has 4 nitrogen and oxygen atoms in total. The summed E-state index contributed by atoms with van der Waals surface area (Å²) >= 11 is 5.99. The van der Waals surface area contributed by atoms with Crippen molar-refractivity contribution >= 4 is 17.6 Å². The van der Waals surface area contributed by atoms with Crippen LogP contribution in [0, 0.1) is 5.92 Å². The fraction of sp³-hybridized carbons (Fsp3) is 0.286. The fourth-order valence-electron chi connectivity index (χ4n) is 2.56. The normalized spacial score (nSPS) is 18.1. The smallest absolute Gasteiger partial charge is 0.306 e. The Hall–Kier alpha value is -1.81. The van der Waals surface area contributed by atoms with Crippen molar-refractivity contribution in [2.24, 2.45) is 5.92 Å². The molecular weight excluding hydrogens is 264 g/mol. The molecule has 3 rings (SSSR count). The number of hydrogen-bond acceptors (Lipinski definition) is 2. The highest BCUT2D eigenvalue weighted by molar-refractivity contribution is 6.30. The minimum Gasteiger partial charge on any atom is -0.481 e. The number of fused-ring (bicyclic) bond motifs is 1. The first-order valence-electron chi connectivity index (χ1n) is 6.19. The molecule has 2 aromatic rings. The molecule has 0 amide bonds. The molecule has 1 aliphatic carbocycles. The number of carboxylic acid groups (broad SMARTS) is 1. The van der Waals surface area contributed by atoms with Crippen molar-refractivity contribution in [3.8, 4) is 5.69 Å². The second kappa shape index (κ2) is 4.70. The van der Waals surface area contributed by atoms with Gasteiger partial charge in [-0.15, -0.1) is 0 Å². The van der Waals surface area contributed by atoms with Gasteiger partial charge in [-0.25, -0.2) is 4.68 Å². The van der Waals surface area contributed by atoms with Crippen LogP contribution in [0.4, 0.5) is 0 Å². The van der Waals surface area contributed by atoms with Crippen molar-refractivity contribution in [3.63, 3.8) is 0 Å². The molecule has 0 spiro atoms. The van der Waals surface area contributed by atoms with E-state index in [1.54, 1.807) is 6.20 Å². The molecule has 1 heterocycles. The van der Waals surface area contributed by atoms with Gasteiger partial charge >= 0.3 is 5.97 Å². The second-order valence-electron chi connectivity index (χ2n) is 4.79. The van der Waals surface area contributed by atoms with E-state index in [9.17, 15) is 4.79 Å². The van der Waals surface area contributed by atoms with Gasteiger partial charge in [0.05, 0.1) is 17.8 Å². The Labute approximate surface area is 115 Å². The van der Waals surface area contributed by atoms with Crippen LogP contribution in [0.1, 0.15) is 17.7 Å². The van der Waals surface area contributed by atoms with Crippen LogP contribution in [-0.4, -0.2) is 20.9 Å². The molecule has 1 atom stereocenters. The van der Waals surface area contributed by atoms with Gasteiger partial charge < -0.3 is 5.11 Å². The third kappa shape index (κ3) is 2.24. The lowest BCUT2D eigenvalue weighted by Gasteiger charge is -2.19. The van der Waals surface area contributed by atoms with Crippen molar-refractivity contribution in [2.75, 3.05) is 0 Å². The molecule has 19 heavy (non-hydrogen) atoms. The number of carboxylic acids is 1. The molecule has 5 heteroatoms. The van der Waals surface area contributed by atoms with E-state index in [4.69, 9.17) is 16.7 Å². The Morgan fingerprint density at radius 1 is 1.47 bits per heavy atom. The summed E-state index contributed by atoms with van der Waals surface area (Å²) in [7, 11) is 0. The second-order valence-corrected chi connectivity index (χ2v) is 5.22. The highest BCUT2D eigenvalue weighted by Gasteiger charge is 2.27. The van der Waals surface area contributed by atoms with Gasteiger partial charge in [0.2, 0.25) is 0 Å². The van der Waals surface area contributed by atoms with Crippen molar-refractivity contribution in [2.45, 2.75) is 19.3 Å². The number of nitrogens with zero attached hydrogens (tertiary/aromatic N) is 2. The van der Waals surface area contributed by atoms with Crippen molar-refractivity contribution in [3.05, 3.63) is 46.7 Å². The minimum atomic E-state index is -0.721. The molecule has 0 radical (unpaired) electrons. The molecule has 1 aromatic carbocycles. The van der Waals surface area contributed by atoms with E-state index in [1.807, 2.05) is 28.9 Å². The Morgan fingerprint density at radius 3 is 3.05 bits per heavy atom. The molecule has 0 saturated carbocycles. The van der Waals surface area contributed by atoms with Gasteiger partial charge in [0.25, 0.3) is 0 Å². The maximum absolute atomic E-state index is 11.0. The molecule has 0 aliphatic heterocycles. The average molecular weight is 277 g/mol. The Balaban J connectivity index is 1.97. The number of carbonyl (C=O) groups is 1. The van der Waals surface area contributed by atoms with Crippen molar-refractivity contribution < 1.29 is 9.90 Å². The van der Waals surface area contributed by atoms with E-state index in [0.717, 1.165) is 23.4 Å². The summed E-state index contributed by atoms with van der Waals surface area (Å²) in [6.45, 7) is 0. The van der Waals surface area contributed by atoms with E-state index in [1.165, 1.54) is 0 Å². The van der Waals surface area contributed by atoms with Gasteiger partial charge in [0.15, 0.2) is 0 Å². The summed E-state index contributed by atoms with van der Waals surface area (Å²) in [5, 5.41) is 14.1. The molecule has 1 unspecified atom stereocenters. The Bertz CT molecular complexity index is 636. The first kappa shape index (κ1) is 12.2. The average Bonchev–Trinajstić information content (AvgIpc) is 2.81. The van der Waals surface area contributed by atoms with Crippen LogP contribution in [0.3, 0.4) is 0 Å².